The second-order valence-electron chi connectivity index (χ2n) is 8.67. The van der Waals surface area contributed by atoms with E-state index in [0.29, 0.717) is 6.42 Å². The number of aromatic nitrogens is 1. The van der Waals surface area contributed by atoms with Gasteiger partial charge in [0.25, 0.3) is 0 Å². The number of benzene rings is 2. The Bertz CT molecular complexity index is 1380. The lowest BCUT2D eigenvalue weighted by atomic mass is 10.0. The molecule has 0 saturated heterocycles. The highest BCUT2D eigenvalue weighted by molar-refractivity contribution is 7.55. The fraction of sp³-hybridized carbons (Fsp3) is 0.429. The van der Waals surface area contributed by atoms with Gasteiger partial charge in [-0.25, -0.2) is 13.9 Å². The van der Waals surface area contributed by atoms with Crippen molar-refractivity contribution in [2.24, 2.45) is 0 Å². The zero-order valence-corrected chi connectivity index (χ0v) is 26.4. The van der Waals surface area contributed by atoms with E-state index in [2.05, 4.69) is 4.98 Å². The Morgan fingerprint density at radius 1 is 0.927 bits per heavy atom. The number of phosphoric ester groups is 1. The first-order chi connectivity index (χ1) is 19.6. The molecule has 0 radical (unpaired) electrons. The van der Waals surface area contributed by atoms with E-state index in [1.807, 2.05) is 37.3 Å². The van der Waals surface area contributed by atoms with Gasteiger partial charge >= 0.3 is 15.4 Å². The molecular weight excluding hydrogens is 591 g/mol. The molecule has 0 aliphatic rings. The Morgan fingerprint density at radius 2 is 1.54 bits per heavy atom. The van der Waals surface area contributed by atoms with E-state index >= 15 is 4.39 Å². The van der Waals surface area contributed by atoms with Crippen molar-refractivity contribution in [2.75, 3.05) is 26.4 Å². The zero-order valence-electron chi connectivity index (χ0n) is 23.8. The second kappa shape index (κ2) is 15.4. The van der Waals surface area contributed by atoms with E-state index in [-0.39, 0.29) is 44.0 Å². The van der Waals surface area contributed by atoms with Gasteiger partial charge in [-0.1, -0.05) is 36.4 Å². The molecule has 2 aromatic carbocycles. The first-order valence-corrected chi connectivity index (χ1v) is 17.3. The van der Waals surface area contributed by atoms with Crippen LogP contribution in [0.2, 0.25) is 0 Å². The average Bonchev–Trinajstić information content (AvgIpc) is 3.31. The van der Waals surface area contributed by atoms with Gasteiger partial charge in [0.05, 0.1) is 37.7 Å². The molecule has 41 heavy (non-hydrogen) atoms. The lowest BCUT2D eigenvalue weighted by molar-refractivity contribution is 0.0890. The van der Waals surface area contributed by atoms with Gasteiger partial charge in [0.15, 0.2) is 11.6 Å². The number of hydrogen-bond donors (Lipinski definition) is 0. The number of thiazole rings is 1. The molecule has 0 amide bonds. The molecule has 1 heterocycles. The Kier molecular flexibility index (Phi) is 12.6. The van der Waals surface area contributed by atoms with E-state index in [4.69, 9.17) is 22.6 Å². The molecule has 0 aliphatic heterocycles. The second-order valence-corrected chi connectivity index (χ2v) is 13.6. The first-order valence-electron chi connectivity index (χ1n) is 13.4. The number of phosphoric acid groups is 1. The minimum absolute atomic E-state index is 0.00763. The summed E-state index contributed by atoms with van der Waals surface area (Å²) < 4.78 is 69.2. The summed E-state index contributed by atoms with van der Waals surface area (Å²) in [6, 6.07) is 13.4. The van der Waals surface area contributed by atoms with Crippen molar-refractivity contribution in [3.05, 3.63) is 76.0 Å². The van der Waals surface area contributed by atoms with Crippen molar-refractivity contribution < 1.29 is 40.9 Å². The van der Waals surface area contributed by atoms with Crippen LogP contribution in [0.3, 0.4) is 0 Å². The molecule has 0 aliphatic carbocycles. The molecule has 13 heteroatoms. The van der Waals surface area contributed by atoms with Crippen molar-refractivity contribution in [2.45, 2.75) is 53.3 Å². The van der Waals surface area contributed by atoms with Crippen molar-refractivity contribution in [3.63, 3.8) is 0 Å². The largest absolute Gasteiger partial charge is 0.475 e. The van der Waals surface area contributed by atoms with E-state index in [0.717, 1.165) is 27.2 Å². The lowest BCUT2D eigenvalue weighted by Gasteiger charge is -2.29. The third kappa shape index (κ3) is 8.72. The predicted molar refractivity (Wildman–Crippen MR) is 157 cm³/mol. The molecule has 1 aromatic heterocycles. The summed E-state index contributed by atoms with van der Waals surface area (Å²) in [6.07, 6.45) is 0.381. The van der Waals surface area contributed by atoms with Crippen LogP contribution in [-0.4, -0.2) is 37.2 Å². The topological polar surface area (TPSA) is 110 Å². The summed E-state index contributed by atoms with van der Waals surface area (Å²) in [4.78, 5) is 18.7. The molecule has 9 nitrogen and oxygen atoms in total. The highest BCUT2D eigenvalue weighted by atomic mass is 32.1. The van der Waals surface area contributed by atoms with Crippen LogP contribution >= 0.6 is 26.8 Å². The number of carbonyl (C=O) groups is 1. The van der Waals surface area contributed by atoms with Crippen LogP contribution in [0.1, 0.15) is 66.5 Å². The standard InChI is InChI=1S/C28H36FNO8P2S/c1-6-34-39(32,35-7-2)28(38-40(33,36-8-3)37-9-4)22-15-16-23(24(29)19-22)26(31)18-17-25-20(5)41-27(30-25)21-13-11-10-12-14-21/h10-16,19,28H,6-9,17-18H2,1-5H3. The molecule has 0 bridgehead atoms. The van der Waals surface area contributed by atoms with Crippen LogP contribution in [0.5, 0.6) is 0 Å². The number of carbonyl (C=O) groups excluding carboxylic acids is 1. The minimum atomic E-state index is -4.23. The maximum Gasteiger partial charge on any atom is 0.475 e. The van der Waals surface area contributed by atoms with Gasteiger partial charge in [-0.15, -0.1) is 11.3 Å². The van der Waals surface area contributed by atoms with Crippen molar-refractivity contribution in [3.8, 4) is 10.6 Å². The normalized spacial score (nSPS) is 12.9. The van der Waals surface area contributed by atoms with Gasteiger partial charge in [-0.3, -0.25) is 22.9 Å². The lowest BCUT2D eigenvalue weighted by Crippen LogP contribution is -2.13. The quantitative estimate of drug-likeness (QED) is 0.107. The molecule has 3 aromatic rings. The van der Waals surface area contributed by atoms with E-state index in [1.54, 1.807) is 39.0 Å². The smallest absolute Gasteiger partial charge is 0.307 e. The summed E-state index contributed by atoms with van der Waals surface area (Å²) in [5.41, 5.74) is 1.62. The Hall–Kier alpha value is -2.07. The minimum Gasteiger partial charge on any atom is -0.307 e. The summed E-state index contributed by atoms with van der Waals surface area (Å²) in [5, 5.41) is 0.858. The third-order valence-electron chi connectivity index (χ3n) is 5.79. The molecule has 0 N–H and O–H groups in total. The van der Waals surface area contributed by atoms with Gasteiger partial charge in [-0.05, 0) is 58.7 Å². The van der Waals surface area contributed by atoms with Crippen molar-refractivity contribution in [1.29, 1.82) is 0 Å². The maximum atomic E-state index is 15.4. The van der Waals surface area contributed by atoms with E-state index in [9.17, 15) is 13.9 Å². The fourth-order valence-electron chi connectivity index (χ4n) is 4.01. The Morgan fingerprint density at radius 3 is 2.10 bits per heavy atom. The fourth-order valence-corrected chi connectivity index (χ4v) is 8.57. The Balaban J connectivity index is 1.86. The van der Waals surface area contributed by atoms with Crippen LogP contribution in [-0.2, 0) is 38.2 Å². The molecule has 224 valence electrons. The van der Waals surface area contributed by atoms with E-state index < -0.39 is 32.9 Å². The number of rotatable bonds is 17. The molecule has 1 atom stereocenters. The van der Waals surface area contributed by atoms with Crippen molar-refractivity contribution >= 4 is 32.5 Å². The van der Waals surface area contributed by atoms with Crippen LogP contribution in [0, 0.1) is 12.7 Å². The van der Waals surface area contributed by atoms with Crippen LogP contribution < -0.4 is 0 Å². The molecule has 0 spiro atoms. The highest BCUT2D eigenvalue weighted by Gasteiger charge is 2.44. The maximum absolute atomic E-state index is 15.4. The van der Waals surface area contributed by atoms with Crippen LogP contribution in [0.15, 0.2) is 48.5 Å². The number of nitrogens with zero attached hydrogens (tertiary/aromatic N) is 1. The number of ketones is 1. The van der Waals surface area contributed by atoms with Gasteiger partial charge in [0.2, 0.25) is 0 Å². The number of hydrogen-bond acceptors (Lipinski definition) is 10. The average molecular weight is 628 g/mol. The first kappa shape index (κ1) is 33.4. The van der Waals surface area contributed by atoms with E-state index in [1.165, 1.54) is 12.1 Å². The SMILES string of the molecule is CCOP(=O)(OCC)OC(c1ccc(C(=O)CCc2nc(-c3ccccc3)sc2C)c(F)c1)P(=O)(OCC)OCC. The number of halogens is 1. The molecule has 3 rings (SSSR count). The molecule has 0 fully saturated rings. The summed E-state index contributed by atoms with van der Waals surface area (Å²) in [7, 11) is -8.38. The van der Waals surface area contributed by atoms with Crippen LogP contribution in [0.25, 0.3) is 10.6 Å². The van der Waals surface area contributed by atoms with Gasteiger partial charge in [-0.2, -0.15) is 0 Å². The van der Waals surface area contributed by atoms with Gasteiger partial charge < -0.3 is 9.05 Å². The van der Waals surface area contributed by atoms with Gasteiger partial charge in [0.1, 0.15) is 10.8 Å². The predicted octanol–water partition coefficient (Wildman–Crippen LogP) is 8.54. The summed E-state index contributed by atoms with van der Waals surface area (Å²) >= 11 is 1.54. The monoisotopic (exact) mass is 627 g/mol. The highest BCUT2D eigenvalue weighted by Crippen LogP contribution is 2.67. The van der Waals surface area contributed by atoms with Crippen LogP contribution in [0.4, 0.5) is 4.39 Å². The van der Waals surface area contributed by atoms with Crippen molar-refractivity contribution in [1.82, 2.24) is 4.98 Å². The molecular formula is C28H36FNO8P2S. The molecule has 0 saturated carbocycles. The number of aryl methyl sites for hydroxylation is 2. The summed E-state index contributed by atoms with van der Waals surface area (Å²) in [5.74, 6) is -2.92. The van der Waals surface area contributed by atoms with Gasteiger partial charge in [0, 0.05) is 16.9 Å². The number of Topliss-reactive ketones (excluding diaryl/α,β-unsaturated/α-hetero) is 1. The third-order valence-corrected chi connectivity index (χ3v) is 10.9. The zero-order chi connectivity index (χ0) is 30.0. The Labute approximate surface area is 244 Å². The molecule has 1 unspecified atom stereocenters. The summed E-state index contributed by atoms with van der Waals surface area (Å²) in [6.45, 7) is 8.23.